The van der Waals surface area contributed by atoms with Gasteiger partial charge in [-0.25, -0.2) is 4.39 Å². The van der Waals surface area contributed by atoms with Crippen molar-refractivity contribution in [3.63, 3.8) is 0 Å². The smallest absolute Gasteiger partial charge is 0.123 e. The molecule has 0 atom stereocenters. The first-order chi connectivity index (χ1) is 14.5. The van der Waals surface area contributed by atoms with Gasteiger partial charge in [0, 0.05) is 38.9 Å². The summed E-state index contributed by atoms with van der Waals surface area (Å²) in [7, 11) is 2.06. The van der Waals surface area contributed by atoms with E-state index in [0.29, 0.717) is 0 Å². The zero-order valence-corrected chi connectivity index (χ0v) is 20.8. The van der Waals surface area contributed by atoms with Crippen LogP contribution in [0.2, 0.25) is 0 Å². The second-order valence-corrected chi connectivity index (χ2v) is 8.50. The van der Waals surface area contributed by atoms with E-state index in [9.17, 15) is 9.50 Å². The van der Waals surface area contributed by atoms with Crippen LogP contribution in [0.1, 0.15) is 44.6 Å². The minimum absolute atomic E-state index is 0. The van der Waals surface area contributed by atoms with Crippen LogP contribution in [0.3, 0.4) is 0 Å². The molecule has 2 aromatic carbocycles. The second kappa shape index (κ2) is 13.9. The predicted molar refractivity (Wildman–Crippen MR) is 135 cm³/mol. The predicted octanol–water partition coefficient (Wildman–Crippen LogP) is 5.70. The number of piperidine rings is 1. The number of ether oxygens (including phenoxy) is 1. The Bertz CT molecular complexity index is 784. The van der Waals surface area contributed by atoms with Crippen LogP contribution in [0.4, 0.5) is 10.1 Å². The van der Waals surface area contributed by atoms with E-state index < -0.39 is 5.60 Å². The molecule has 32 heavy (non-hydrogen) atoms. The van der Waals surface area contributed by atoms with E-state index in [4.69, 9.17) is 4.74 Å². The van der Waals surface area contributed by atoms with Crippen molar-refractivity contribution in [2.24, 2.45) is 0 Å². The lowest BCUT2D eigenvalue weighted by molar-refractivity contribution is -0.0275. The lowest BCUT2D eigenvalue weighted by Gasteiger charge is -2.39. The van der Waals surface area contributed by atoms with E-state index in [1.807, 2.05) is 18.2 Å². The first-order valence-corrected chi connectivity index (χ1v) is 11.1. The van der Waals surface area contributed by atoms with Gasteiger partial charge in [0.1, 0.15) is 11.6 Å². The third-order valence-corrected chi connectivity index (χ3v) is 6.04. The number of hydrogen-bond donors (Lipinski definition) is 1. The molecule has 180 valence electrons. The summed E-state index contributed by atoms with van der Waals surface area (Å²) in [4.78, 5) is 4.48. The topological polar surface area (TPSA) is 35.9 Å². The summed E-state index contributed by atoms with van der Waals surface area (Å²) in [6.07, 6.45) is 4.44. The molecule has 1 aliphatic rings. The number of halogens is 3. The van der Waals surface area contributed by atoms with Gasteiger partial charge in [-0.3, -0.25) is 4.90 Å². The maximum atomic E-state index is 13.4. The number of benzene rings is 2. The fourth-order valence-electron chi connectivity index (χ4n) is 3.91. The van der Waals surface area contributed by atoms with Crippen LogP contribution in [-0.2, 0) is 6.54 Å². The Morgan fingerprint density at radius 1 is 1.09 bits per heavy atom. The third-order valence-electron chi connectivity index (χ3n) is 6.04. The van der Waals surface area contributed by atoms with Crippen LogP contribution < -0.4 is 9.64 Å². The molecule has 1 heterocycles. The molecule has 0 radical (unpaired) electrons. The molecule has 3 rings (SSSR count). The number of unbranched alkanes of at least 4 members (excludes halogenated alkanes) is 1. The van der Waals surface area contributed by atoms with E-state index in [-0.39, 0.29) is 30.6 Å². The lowest BCUT2D eigenvalue weighted by atomic mass is 9.88. The molecule has 4 nitrogen and oxygen atoms in total. The highest BCUT2D eigenvalue weighted by Gasteiger charge is 2.32. The molecule has 0 aliphatic carbocycles. The SMILES string of the molecule is CCCCOc1ccc(N(C)CCC2(O)CCN(Cc3cccc(F)c3)CC2)cc1.Cl.Cl. The van der Waals surface area contributed by atoms with Gasteiger partial charge in [-0.2, -0.15) is 0 Å². The van der Waals surface area contributed by atoms with E-state index in [1.165, 1.54) is 6.07 Å². The van der Waals surface area contributed by atoms with Crippen molar-refractivity contribution in [2.75, 3.05) is 38.2 Å². The summed E-state index contributed by atoms with van der Waals surface area (Å²) < 4.78 is 19.1. The molecule has 0 unspecified atom stereocenters. The van der Waals surface area contributed by atoms with E-state index in [0.717, 1.165) is 81.9 Å². The average molecular weight is 487 g/mol. The van der Waals surface area contributed by atoms with Gasteiger partial charge in [0.05, 0.1) is 12.2 Å². The Labute approximate surface area is 204 Å². The lowest BCUT2D eigenvalue weighted by Crippen LogP contribution is -2.45. The normalized spacial score (nSPS) is 15.4. The third kappa shape index (κ3) is 8.78. The first-order valence-electron chi connectivity index (χ1n) is 11.1. The minimum atomic E-state index is -0.629. The number of anilines is 1. The molecule has 0 saturated carbocycles. The molecule has 0 amide bonds. The highest BCUT2D eigenvalue weighted by molar-refractivity contribution is 5.85. The molecular formula is C25H37Cl2FN2O2. The summed E-state index contributed by atoms with van der Waals surface area (Å²) in [6.45, 7) is 6.12. The van der Waals surface area contributed by atoms with Gasteiger partial charge >= 0.3 is 0 Å². The van der Waals surface area contributed by atoms with Gasteiger partial charge in [-0.1, -0.05) is 25.5 Å². The van der Waals surface area contributed by atoms with Gasteiger partial charge in [0.25, 0.3) is 0 Å². The van der Waals surface area contributed by atoms with Crippen molar-refractivity contribution in [1.29, 1.82) is 0 Å². The molecule has 0 bridgehead atoms. The highest BCUT2D eigenvalue weighted by Crippen LogP contribution is 2.28. The number of rotatable bonds is 10. The summed E-state index contributed by atoms with van der Waals surface area (Å²) in [6, 6.07) is 15.0. The zero-order chi connectivity index (χ0) is 21.4. The minimum Gasteiger partial charge on any atom is -0.494 e. The largest absolute Gasteiger partial charge is 0.494 e. The molecule has 0 spiro atoms. The molecule has 2 aromatic rings. The van der Waals surface area contributed by atoms with Gasteiger partial charge in [0.2, 0.25) is 0 Å². The van der Waals surface area contributed by atoms with Crippen molar-refractivity contribution < 1.29 is 14.2 Å². The van der Waals surface area contributed by atoms with Crippen molar-refractivity contribution in [3.8, 4) is 5.75 Å². The fraction of sp³-hybridized carbons (Fsp3) is 0.520. The van der Waals surface area contributed by atoms with Gasteiger partial charge in [0.15, 0.2) is 0 Å². The Balaban J connectivity index is 0.00000256. The fourth-order valence-corrected chi connectivity index (χ4v) is 3.91. The van der Waals surface area contributed by atoms with Crippen LogP contribution in [0.15, 0.2) is 48.5 Å². The highest BCUT2D eigenvalue weighted by atomic mass is 35.5. The second-order valence-electron chi connectivity index (χ2n) is 8.50. The van der Waals surface area contributed by atoms with Crippen LogP contribution >= 0.6 is 24.8 Å². The summed E-state index contributed by atoms with van der Waals surface area (Å²) in [5, 5.41) is 11.0. The van der Waals surface area contributed by atoms with Crippen molar-refractivity contribution in [1.82, 2.24) is 4.90 Å². The van der Waals surface area contributed by atoms with Gasteiger partial charge in [-0.05, 0) is 67.6 Å². The van der Waals surface area contributed by atoms with Crippen molar-refractivity contribution in [2.45, 2.75) is 51.2 Å². The summed E-state index contributed by atoms with van der Waals surface area (Å²) in [5.41, 5.74) is 1.49. The maximum absolute atomic E-state index is 13.4. The molecule has 1 N–H and O–H groups in total. The number of likely N-dealkylation sites (tertiary alicyclic amines) is 1. The Morgan fingerprint density at radius 2 is 1.78 bits per heavy atom. The molecule has 1 aliphatic heterocycles. The molecular weight excluding hydrogens is 450 g/mol. The van der Waals surface area contributed by atoms with Gasteiger partial charge < -0.3 is 14.7 Å². The Kier molecular flexibility index (Phi) is 12.4. The van der Waals surface area contributed by atoms with Crippen molar-refractivity contribution >= 4 is 30.5 Å². The van der Waals surface area contributed by atoms with Gasteiger partial charge in [-0.15, -0.1) is 24.8 Å². The van der Waals surface area contributed by atoms with Crippen LogP contribution in [-0.4, -0.2) is 48.9 Å². The quantitative estimate of drug-likeness (QED) is 0.436. The summed E-state index contributed by atoms with van der Waals surface area (Å²) >= 11 is 0. The standard InChI is InChI=1S/C25H35FN2O2.2ClH/c1-3-4-18-30-24-10-8-23(9-11-24)27(2)15-12-25(29)13-16-28(17-14-25)20-21-6-5-7-22(26)19-21;;/h5-11,19,29H,3-4,12-18,20H2,1-2H3;2*1H. The van der Waals surface area contributed by atoms with Crippen molar-refractivity contribution in [3.05, 3.63) is 59.9 Å². The Morgan fingerprint density at radius 3 is 2.41 bits per heavy atom. The van der Waals surface area contributed by atoms with Crippen LogP contribution in [0, 0.1) is 5.82 Å². The molecule has 1 saturated heterocycles. The number of aliphatic hydroxyl groups is 1. The maximum Gasteiger partial charge on any atom is 0.123 e. The Hall–Kier alpha value is -1.53. The number of nitrogens with zero attached hydrogens (tertiary/aromatic N) is 2. The van der Waals surface area contributed by atoms with E-state index in [2.05, 4.69) is 35.9 Å². The number of hydrogen-bond acceptors (Lipinski definition) is 4. The molecule has 7 heteroatoms. The van der Waals surface area contributed by atoms with Crippen LogP contribution in [0.25, 0.3) is 0 Å². The average Bonchev–Trinajstić information content (AvgIpc) is 2.75. The van der Waals surface area contributed by atoms with E-state index >= 15 is 0 Å². The van der Waals surface area contributed by atoms with E-state index in [1.54, 1.807) is 12.1 Å². The van der Waals surface area contributed by atoms with Crippen LogP contribution in [0.5, 0.6) is 5.75 Å². The molecule has 0 aromatic heterocycles. The summed E-state index contributed by atoms with van der Waals surface area (Å²) in [5.74, 6) is 0.717. The first kappa shape index (κ1) is 28.5. The zero-order valence-electron chi connectivity index (χ0n) is 19.1. The monoisotopic (exact) mass is 486 g/mol. The molecule has 1 fully saturated rings.